The average Bonchev–Trinajstić information content (AvgIpc) is 2.19. The van der Waals surface area contributed by atoms with Gasteiger partial charge in [-0.15, -0.1) is 0 Å². The van der Waals surface area contributed by atoms with Gasteiger partial charge in [-0.1, -0.05) is 0 Å². The zero-order valence-corrected chi connectivity index (χ0v) is 9.49. The summed E-state index contributed by atoms with van der Waals surface area (Å²) in [6.45, 7) is 0.443. The van der Waals surface area contributed by atoms with Crippen molar-refractivity contribution in [1.29, 1.82) is 0 Å². The third kappa shape index (κ3) is 2.67. The Kier molecular flexibility index (Phi) is 4.31. The SMILES string of the molecule is COc1cc(C(O)CCN)c(Br)cn1. The number of methoxy groups -OCH3 is 1. The van der Waals surface area contributed by atoms with Crippen molar-refractivity contribution in [1.82, 2.24) is 4.98 Å². The van der Waals surface area contributed by atoms with Crippen LogP contribution in [0.3, 0.4) is 0 Å². The Morgan fingerprint density at radius 2 is 2.43 bits per heavy atom. The summed E-state index contributed by atoms with van der Waals surface area (Å²) in [5.41, 5.74) is 6.12. The third-order valence-electron chi connectivity index (χ3n) is 1.87. The first-order valence-electron chi connectivity index (χ1n) is 4.26. The normalized spacial score (nSPS) is 12.6. The van der Waals surface area contributed by atoms with Crippen LogP contribution in [0.2, 0.25) is 0 Å². The highest BCUT2D eigenvalue weighted by Gasteiger charge is 2.12. The highest BCUT2D eigenvalue weighted by atomic mass is 79.9. The highest BCUT2D eigenvalue weighted by molar-refractivity contribution is 9.10. The number of aliphatic hydroxyl groups is 1. The lowest BCUT2D eigenvalue weighted by atomic mass is 10.1. The van der Waals surface area contributed by atoms with E-state index in [2.05, 4.69) is 20.9 Å². The van der Waals surface area contributed by atoms with Crippen LogP contribution in [0, 0.1) is 0 Å². The number of pyridine rings is 1. The molecule has 5 heteroatoms. The number of nitrogens with two attached hydrogens (primary N) is 1. The Balaban J connectivity index is 2.93. The second-order valence-corrected chi connectivity index (χ2v) is 3.70. The van der Waals surface area contributed by atoms with E-state index in [0.717, 1.165) is 10.0 Å². The molecule has 0 aromatic carbocycles. The van der Waals surface area contributed by atoms with E-state index in [0.29, 0.717) is 18.8 Å². The minimum Gasteiger partial charge on any atom is -0.481 e. The van der Waals surface area contributed by atoms with Crippen molar-refractivity contribution in [2.24, 2.45) is 5.73 Å². The fourth-order valence-corrected chi connectivity index (χ4v) is 1.60. The van der Waals surface area contributed by atoms with E-state index in [9.17, 15) is 5.11 Å². The molecule has 14 heavy (non-hydrogen) atoms. The predicted octanol–water partition coefficient (Wildman–Crippen LogP) is 1.23. The Labute approximate surface area is 91.2 Å². The standard InChI is InChI=1S/C9H13BrN2O2/c1-14-9-4-6(7(10)5-12-9)8(13)2-3-11/h4-5,8,13H,2-3,11H2,1H3. The molecular weight excluding hydrogens is 248 g/mol. The van der Waals surface area contributed by atoms with Gasteiger partial charge in [-0.3, -0.25) is 0 Å². The lowest BCUT2D eigenvalue weighted by Crippen LogP contribution is -2.07. The third-order valence-corrected chi connectivity index (χ3v) is 2.53. The van der Waals surface area contributed by atoms with Crippen molar-refractivity contribution in [2.45, 2.75) is 12.5 Å². The van der Waals surface area contributed by atoms with Gasteiger partial charge in [0.2, 0.25) is 5.88 Å². The molecule has 0 aliphatic carbocycles. The summed E-state index contributed by atoms with van der Waals surface area (Å²) in [7, 11) is 1.54. The molecule has 0 bridgehead atoms. The monoisotopic (exact) mass is 260 g/mol. The lowest BCUT2D eigenvalue weighted by molar-refractivity contribution is 0.169. The van der Waals surface area contributed by atoms with Crippen LogP contribution in [0.15, 0.2) is 16.7 Å². The Morgan fingerprint density at radius 1 is 1.71 bits per heavy atom. The largest absolute Gasteiger partial charge is 0.481 e. The lowest BCUT2D eigenvalue weighted by Gasteiger charge is -2.12. The van der Waals surface area contributed by atoms with Crippen molar-refractivity contribution in [3.8, 4) is 5.88 Å². The summed E-state index contributed by atoms with van der Waals surface area (Å²) in [4.78, 5) is 3.99. The maximum absolute atomic E-state index is 9.73. The van der Waals surface area contributed by atoms with Gasteiger partial charge in [0.1, 0.15) is 0 Å². The van der Waals surface area contributed by atoms with Gasteiger partial charge in [0, 0.05) is 22.3 Å². The summed E-state index contributed by atoms with van der Waals surface area (Å²) in [5, 5.41) is 9.73. The topological polar surface area (TPSA) is 68.4 Å². The zero-order valence-electron chi connectivity index (χ0n) is 7.90. The number of aromatic nitrogens is 1. The first kappa shape index (κ1) is 11.4. The molecule has 4 nitrogen and oxygen atoms in total. The minimum atomic E-state index is -0.578. The van der Waals surface area contributed by atoms with Gasteiger partial charge in [0.15, 0.2) is 0 Å². The Bertz CT molecular complexity index is 307. The van der Waals surface area contributed by atoms with Crippen LogP contribution in [-0.4, -0.2) is 23.7 Å². The zero-order chi connectivity index (χ0) is 10.6. The number of halogens is 1. The molecule has 0 fully saturated rings. The summed E-state index contributed by atoms with van der Waals surface area (Å²) in [6.07, 6.45) is 1.55. The molecule has 0 saturated carbocycles. The van der Waals surface area contributed by atoms with E-state index in [-0.39, 0.29) is 0 Å². The maximum atomic E-state index is 9.73. The van der Waals surface area contributed by atoms with Gasteiger partial charge >= 0.3 is 0 Å². The van der Waals surface area contributed by atoms with Gasteiger partial charge in [0.05, 0.1) is 13.2 Å². The van der Waals surface area contributed by atoms with E-state index in [1.807, 2.05) is 0 Å². The Morgan fingerprint density at radius 3 is 3.00 bits per heavy atom. The maximum Gasteiger partial charge on any atom is 0.213 e. The number of ether oxygens (including phenoxy) is 1. The van der Waals surface area contributed by atoms with Crippen LogP contribution in [0.1, 0.15) is 18.1 Å². The second kappa shape index (κ2) is 5.29. The molecule has 1 atom stereocenters. The number of nitrogens with zero attached hydrogens (tertiary/aromatic N) is 1. The molecule has 0 aliphatic rings. The summed E-state index contributed by atoms with van der Waals surface area (Å²) < 4.78 is 5.73. The smallest absolute Gasteiger partial charge is 0.213 e. The van der Waals surface area contributed by atoms with E-state index >= 15 is 0 Å². The quantitative estimate of drug-likeness (QED) is 0.855. The molecule has 1 aromatic rings. The molecule has 1 rings (SSSR count). The summed E-state index contributed by atoms with van der Waals surface area (Å²) in [6, 6.07) is 1.70. The molecule has 1 aromatic heterocycles. The Hall–Kier alpha value is -0.650. The predicted molar refractivity (Wildman–Crippen MR) is 57.1 cm³/mol. The molecule has 1 heterocycles. The average molecular weight is 261 g/mol. The fourth-order valence-electron chi connectivity index (χ4n) is 1.11. The number of aliphatic hydroxyl groups excluding tert-OH is 1. The van der Waals surface area contributed by atoms with Gasteiger partial charge < -0.3 is 15.6 Å². The van der Waals surface area contributed by atoms with Crippen LogP contribution in [0.4, 0.5) is 0 Å². The number of hydrogen-bond acceptors (Lipinski definition) is 4. The van der Waals surface area contributed by atoms with Gasteiger partial charge in [0.25, 0.3) is 0 Å². The number of hydrogen-bond donors (Lipinski definition) is 2. The first-order valence-corrected chi connectivity index (χ1v) is 5.06. The molecular formula is C9H13BrN2O2. The van der Waals surface area contributed by atoms with Crippen LogP contribution in [-0.2, 0) is 0 Å². The van der Waals surface area contributed by atoms with Crippen LogP contribution >= 0.6 is 15.9 Å². The van der Waals surface area contributed by atoms with Gasteiger partial charge in [-0.25, -0.2) is 4.98 Å². The van der Waals surface area contributed by atoms with Crippen molar-refractivity contribution >= 4 is 15.9 Å². The van der Waals surface area contributed by atoms with Crippen LogP contribution in [0.25, 0.3) is 0 Å². The molecule has 0 spiro atoms. The molecule has 0 saturated heterocycles. The van der Waals surface area contributed by atoms with Crippen LogP contribution < -0.4 is 10.5 Å². The first-order chi connectivity index (χ1) is 6.69. The number of rotatable bonds is 4. The van der Waals surface area contributed by atoms with Gasteiger partial charge in [-0.2, -0.15) is 0 Å². The molecule has 78 valence electrons. The molecule has 3 N–H and O–H groups in total. The summed E-state index contributed by atoms with van der Waals surface area (Å²) >= 11 is 3.31. The second-order valence-electron chi connectivity index (χ2n) is 2.84. The van der Waals surface area contributed by atoms with Crippen molar-refractivity contribution in [2.75, 3.05) is 13.7 Å². The molecule has 0 amide bonds. The van der Waals surface area contributed by atoms with Crippen molar-refractivity contribution in [3.05, 3.63) is 22.3 Å². The van der Waals surface area contributed by atoms with Crippen molar-refractivity contribution in [3.63, 3.8) is 0 Å². The van der Waals surface area contributed by atoms with E-state index in [1.165, 1.54) is 7.11 Å². The molecule has 1 unspecified atom stereocenters. The van der Waals surface area contributed by atoms with E-state index in [4.69, 9.17) is 10.5 Å². The highest BCUT2D eigenvalue weighted by Crippen LogP contribution is 2.27. The van der Waals surface area contributed by atoms with Crippen LogP contribution in [0.5, 0.6) is 5.88 Å². The summed E-state index contributed by atoms with van der Waals surface area (Å²) in [5.74, 6) is 0.485. The fraction of sp³-hybridized carbons (Fsp3) is 0.444. The molecule has 0 radical (unpaired) electrons. The van der Waals surface area contributed by atoms with E-state index < -0.39 is 6.10 Å². The minimum absolute atomic E-state index is 0.443. The van der Waals surface area contributed by atoms with Gasteiger partial charge in [-0.05, 0) is 28.9 Å². The molecule has 0 aliphatic heterocycles. The van der Waals surface area contributed by atoms with E-state index in [1.54, 1.807) is 12.3 Å². The van der Waals surface area contributed by atoms with Crippen molar-refractivity contribution < 1.29 is 9.84 Å².